The lowest BCUT2D eigenvalue weighted by Crippen LogP contribution is -2.37. The molecule has 5 nitrogen and oxygen atoms in total. The van der Waals surface area contributed by atoms with Gasteiger partial charge < -0.3 is 14.4 Å². The third-order valence-corrected chi connectivity index (χ3v) is 6.15. The van der Waals surface area contributed by atoms with Crippen LogP contribution in [0.3, 0.4) is 0 Å². The van der Waals surface area contributed by atoms with Gasteiger partial charge in [-0.15, -0.1) is 0 Å². The topological polar surface area (TPSA) is 51.7 Å². The summed E-state index contributed by atoms with van der Waals surface area (Å²) in [6.07, 6.45) is 1.77. The second-order valence-corrected chi connectivity index (χ2v) is 7.82. The minimum Gasteiger partial charge on any atom is -0.496 e. The van der Waals surface area contributed by atoms with E-state index in [2.05, 4.69) is 4.98 Å². The molecule has 3 rings (SSSR count). The van der Waals surface area contributed by atoms with Gasteiger partial charge in [-0.05, 0) is 18.9 Å². The number of halogens is 4. The van der Waals surface area contributed by atoms with E-state index >= 15 is 0 Å². The van der Waals surface area contributed by atoms with Gasteiger partial charge >= 0.3 is 0 Å². The van der Waals surface area contributed by atoms with Crippen molar-refractivity contribution in [3.63, 3.8) is 0 Å². The summed E-state index contributed by atoms with van der Waals surface area (Å²) < 4.78 is 11.1. The molecule has 0 spiro atoms. The first kappa shape index (κ1) is 21.5. The van der Waals surface area contributed by atoms with E-state index in [1.165, 1.54) is 0 Å². The Kier molecular flexibility index (Phi) is 7.29. The van der Waals surface area contributed by atoms with Gasteiger partial charge in [-0.1, -0.05) is 64.6 Å². The van der Waals surface area contributed by atoms with Crippen molar-refractivity contribution in [3.05, 3.63) is 55.7 Å². The molecule has 0 aliphatic carbocycles. The Balaban J connectivity index is 1.95. The molecule has 1 unspecified atom stereocenters. The monoisotopic (exact) mass is 462 g/mol. The average Bonchev–Trinajstić information content (AvgIpc) is 3.21. The molecule has 1 saturated heterocycles. The van der Waals surface area contributed by atoms with E-state index in [-0.39, 0.29) is 32.0 Å². The van der Waals surface area contributed by atoms with Gasteiger partial charge in [0.1, 0.15) is 16.6 Å². The number of carbonyl (C=O) groups excluding carboxylic acids is 1. The van der Waals surface area contributed by atoms with Gasteiger partial charge in [0.05, 0.1) is 28.3 Å². The molecule has 0 N–H and O–H groups in total. The molecular formula is C19H18Cl4N2O3. The lowest BCUT2D eigenvalue weighted by atomic mass is 10.1. The maximum Gasteiger partial charge on any atom is 0.274 e. The van der Waals surface area contributed by atoms with Crippen molar-refractivity contribution in [1.29, 1.82) is 0 Å². The highest BCUT2D eigenvalue weighted by atomic mass is 35.5. The van der Waals surface area contributed by atoms with E-state index in [1.807, 2.05) is 24.3 Å². The number of hydrogen-bond acceptors (Lipinski definition) is 4. The van der Waals surface area contributed by atoms with Gasteiger partial charge in [-0.3, -0.25) is 4.79 Å². The smallest absolute Gasteiger partial charge is 0.274 e. The summed E-state index contributed by atoms with van der Waals surface area (Å²) in [4.78, 5) is 19.0. The van der Waals surface area contributed by atoms with Crippen molar-refractivity contribution >= 4 is 52.3 Å². The van der Waals surface area contributed by atoms with Crippen LogP contribution in [0, 0.1) is 0 Å². The zero-order valence-electron chi connectivity index (χ0n) is 15.1. The molecule has 28 heavy (non-hydrogen) atoms. The zero-order valence-corrected chi connectivity index (χ0v) is 18.1. The summed E-state index contributed by atoms with van der Waals surface area (Å²) in [7, 11) is 1.59. The van der Waals surface area contributed by atoms with Gasteiger partial charge in [-0.25, -0.2) is 4.98 Å². The fourth-order valence-electron chi connectivity index (χ4n) is 3.07. The van der Waals surface area contributed by atoms with Gasteiger partial charge in [0.25, 0.3) is 5.91 Å². The van der Waals surface area contributed by atoms with Crippen LogP contribution in [-0.2, 0) is 11.3 Å². The number of benzene rings is 1. The molecule has 1 aromatic heterocycles. The molecule has 1 aliphatic heterocycles. The summed E-state index contributed by atoms with van der Waals surface area (Å²) in [5, 5.41) is -0.0893. The maximum atomic E-state index is 13.3. The normalized spacial score (nSPS) is 16.2. The van der Waals surface area contributed by atoms with Crippen LogP contribution >= 0.6 is 46.4 Å². The highest BCUT2D eigenvalue weighted by Crippen LogP contribution is 2.37. The number of nitrogens with zero attached hydrogens (tertiary/aromatic N) is 2. The predicted octanol–water partition coefficient (Wildman–Crippen LogP) is 5.53. The van der Waals surface area contributed by atoms with E-state index in [4.69, 9.17) is 55.9 Å². The zero-order chi connectivity index (χ0) is 20.3. The average molecular weight is 464 g/mol. The molecule has 0 bridgehead atoms. The summed E-state index contributed by atoms with van der Waals surface area (Å²) in [6, 6.07) is 7.48. The van der Waals surface area contributed by atoms with Gasteiger partial charge in [0.2, 0.25) is 0 Å². The Labute approximate surface area is 183 Å². The number of amides is 1. The molecule has 1 atom stereocenters. The van der Waals surface area contributed by atoms with Crippen molar-refractivity contribution in [2.45, 2.75) is 25.5 Å². The van der Waals surface area contributed by atoms with E-state index in [1.54, 1.807) is 12.0 Å². The summed E-state index contributed by atoms with van der Waals surface area (Å²) >= 11 is 24.3. The Bertz CT molecular complexity index is 872. The van der Waals surface area contributed by atoms with E-state index in [0.717, 1.165) is 18.4 Å². The number of carbonyl (C=O) groups is 1. The first-order chi connectivity index (χ1) is 13.4. The van der Waals surface area contributed by atoms with Crippen LogP contribution in [0.15, 0.2) is 24.3 Å². The Morgan fingerprint density at radius 2 is 1.96 bits per heavy atom. The van der Waals surface area contributed by atoms with Crippen LogP contribution in [0.5, 0.6) is 5.75 Å². The lowest BCUT2D eigenvalue weighted by Gasteiger charge is -2.26. The van der Waals surface area contributed by atoms with Crippen molar-refractivity contribution in [3.8, 4) is 5.75 Å². The van der Waals surface area contributed by atoms with E-state index < -0.39 is 5.91 Å². The summed E-state index contributed by atoms with van der Waals surface area (Å²) in [5.41, 5.74) is 0.799. The van der Waals surface area contributed by atoms with Crippen LogP contribution < -0.4 is 4.74 Å². The Hall–Kier alpha value is -1.24. The fraction of sp³-hybridized carbons (Fsp3) is 0.368. The fourth-order valence-corrected chi connectivity index (χ4v) is 3.88. The quantitative estimate of drug-likeness (QED) is 0.528. The van der Waals surface area contributed by atoms with Gasteiger partial charge in [0.15, 0.2) is 0 Å². The third kappa shape index (κ3) is 4.66. The molecule has 1 aliphatic rings. The van der Waals surface area contributed by atoms with Gasteiger partial charge in [0, 0.05) is 25.3 Å². The molecule has 0 saturated carbocycles. The number of ether oxygens (including phenoxy) is 2. The van der Waals surface area contributed by atoms with Crippen LogP contribution in [0.25, 0.3) is 0 Å². The number of rotatable bonds is 6. The molecule has 9 heteroatoms. The molecule has 150 valence electrons. The summed E-state index contributed by atoms with van der Waals surface area (Å²) in [5.74, 6) is 0.269. The second-order valence-electron chi connectivity index (χ2n) is 6.33. The third-order valence-electron chi connectivity index (χ3n) is 4.48. The van der Waals surface area contributed by atoms with Crippen molar-refractivity contribution in [2.75, 3.05) is 20.3 Å². The number of methoxy groups -OCH3 is 1. The molecule has 1 aromatic carbocycles. The Morgan fingerprint density at radius 3 is 2.64 bits per heavy atom. The molecule has 0 radical (unpaired) electrons. The van der Waals surface area contributed by atoms with E-state index in [9.17, 15) is 4.79 Å². The van der Waals surface area contributed by atoms with Crippen molar-refractivity contribution < 1.29 is 14.3 Å². The lowest BCUT2D eigenvalue weighted by molar-refractivity contribution is 0.0501. The van der Waals surface area contributed by atoms with Crippen molar-refractivity contribution in [2.24, 2.45) is 0 Å². The number of aromatic nitrogens is 1. The number of para-hydroxylation sites is 1. The Morgan fingerprint density at radius 1 is 1.21 bits per heavy atom. The first-order valence-corrected chi connectivity index (χ1v) is 10.2. The molecular weight excluding hydrogens is 446 g/mol. The molecule has 1 fully saturated rings. The predicted molar refractivity (Wildman–Crippen MR) is 111 cm³/mol. The van der Waals surface area contributed by atoms with E-state index in [0.29, 0.717) is 25.4 Å². The number of hydrogen-bond donors (Lipinski definition) is 0. The van der Waals surface area contributed by atoms with Gasteiger partial charge in [-0.2, -0.15) is 0 Å². The molecule has 1 amide bonds. The molecule has 2 aromatic rings. The standard InChI is InChI=1S/C19H18Cl4N2O3/c1-27-13-7-3-2-5-11(13)9-25(10-12-6-4-8-28-12)19(26)17-15(21)14(20)16(22)18(23)24-17/h2-3,5,7,12H,4,6,8-10H2,1H3. The van der Waals surface area contributed by atoms with Crippen LogP contribution in [0.1, 0.15) is 28.9 Å². The summed E-state index contributed by atoms with van der Waals surface area (Å²) in [6.45, 7) is 1.35. The van der Waals surface area contributed by atoms with Crippen molar-refractivity contribution in [1.82, 2.24) is 9.88 Å². The minimum absolute atomic E-state index is 0.000964. The highest BCUT2D eigenvalue weighted by Gasteiger charge is 2.28. The molecule has 2 heterocycles. The van der Waals surface area contributed by atoms with Crippen LogP contribution in [0.2, 0.25) is 20.2 Å². The minimum atomic E-state index is -0.410. The van der Waals surface area contributed by atoms with Crippen LogP contribution in [-0.4, -0.2) is 42.2 Å². The number of pyridine rings is 1. The van der Waals surface area contributed by atoms with Crippen LogP contribution in [0.4, 0.5) is 0 Å². The highest BCUT2D eigenvalue weighted by molar-refractivity contribution is 6.52. The second kappa shape index (κ2) is 9.51. The maximum absolute atomic E-state index is 13.3. The SMILES string of the molecule is COc1ccccc1CN(CC1CCCO1)C(=O)c1nc(Cl)c(Cl)c(Cl)c1Cl. The largest absolute Gasteiger partial charge is 0.496 e. The first-order valence-electron chi connectivity index (χ1n) is 8.65.